The zero-order valence-electron chi connectivity index (χ0n) is 13.6. The summed E-state index contributed by atoms with van der Waals surface area (Å²) in [5.41, 5.74) is 3.33. The van der Waals surface area contributed by atoms with Crippen molar-refractivity contribution in [2.24, 2.45) is 0 Å². The molecule has 5 heteroatoms. The summed E-state index contributed by atoms with van der Waals surface area (Å²) in [4.78, 5) is 17.9. The van der Waals surface area contributed by atoms with Gasteiger partial charge < -0.3 is 10.4 Å². The number of aliphatic hydroxyl groups excluding tert-OH is 1. The number of amides is 1. The summed E-state index contributed by atoms with van der Waals surface area (Å²) in [5, 5.41) is 13.3. The van der Waals surface area contributed by atoms with E-state index in [0.717, 1.165) is 27.5 Å². The van der Waals surface area contributed by atoms with Crippen molar-refractivity contribution >= 4 is 22.9 Å². The fourth-order valence-corrected chi connectivity index (χ4v) is 4.19. The van der Waals surface area contributed by atoms with Crippen molar-refractivity contribution in [3.8, 4) is 0 Å². The number of nitrogens with one attached hydrogen (secondary N) is 1. The lowest BCUT2D eigenvalue weighted by Gasteiger charge is -2.09. The lowest BCUT2D eigenvalue weighted by atomic mass is 10.1. The van der Waals surface area contributed by atoms with Crippen LogP contribution >= 0.6 is 11.3 Å². The molecule has 0 aliphatic heterocycles. The van der Waals surface area contributed by atoms with Crippen molar-refractivity contribution in [1.29, 1.82) is 0 Å². The average molecular weight is 330 g/mol. The second-order valence-corrected chi connectivity index (χ2v) is 7.24. The monoisotopic (exact) mass is 330 g/mol. The molecule has 1 fully saturated rings. The van der Waals surface area contributed by atoms with Crippen LogP contribution in [0.4, 0.5) is 5.69 Å². The SMILES string of the molecule is Cc1ccc(CO)cc1NC(=O)c1sc(C2CCCC2)nc1C. The number of hydrogen-bond acceptors (Lipinski definition) is 4. The Morgan fingerprint density at radius 1 is 1.35 bits per heavy atom. The number of anilines is 1. The maximum atomic E-state index is 12.6. The summed E-state index contributed by atoms with van der Waals surface area (Å²) in [6.07, 6.45) is 4.90. The first kappa shape index (κ1) is 16.1. The van der Waals surface area contributed by atoms with Crippen LogP contribution in [0.5, 0.6) is 0 Å². The molecule has 1 aromatic carbocycles. The molecule has 0 saturated heterocycles. The molecule has 0 atom stereocenters. The first-order chi connectivity index (χ1) is 11.1. The Balaban J connectivity index is 1.80. The highest BCUT2D eigenvalue weighted by Crippen LogP contribution is 2.37. The number of nitrogens with zero attached hydrogens (tertiary/aromatic N) is 1. The van der Waals surface area contributed by atoms with Gasteiger partial charge in [-0.15, -0.1) is 11.3 Å². The molecule has 0 radical (unpaired) electrons. The highest BCUT2D eigenvalue weighted by atomic mass is 32.1. The first-order valence-corrected chi connectivity index (χ1v) is 8.89. The van der Waals surface area contributed by atoms with E-state index < -0.39 is 0 Å². The second kappa shape index (κ2) is 6.81. The lowest BCUT2D eigenvalue weighted by molar-refractivity contribution is 0.102. The summed E-state index contributed by atoms with van der Waals surface area (Å²) in [6.45, 7) is 3.82. The van der Waals surface area contributed by atoms with E-state index in [1.165, 1.54) is 37.0 Å². The molecular weight excluding hydrogens is 308 g/mol. The lowest BCUT2D eigenvalue weighted by Crippen LogP contribution is -2.12. The molecule has 1 aliphatic rings. The highest BCUT2D eigenvalue weighted by Gasteiger charge is 2.24. The van der Waals surface area contributed by atoms with Gasteiger partial charge in [-0.05, 0) is 43.9 Å². The molecule has 0 unspecified atom stereocenters. The minimum atomic E-state index is -0.109. The van der Waals surface area contributed by atoms with Gasteiger partial charge in [0.05, 0.1) is 17.3 Å². The third kappa shape index (κ3) is 3.46. The van der Waals surface area contributed by atoms with Crippen molar-refractivity contribution in [3.05, 3.63) is 44.9 Å². The first-order valence-electron chi connectivity index (χ1n) is 8.07. The number of thiazole rings is 1. The number of rotatable bonds is 4. The van der Waals surface area contributed by atoms with Gasteiger partial charge in [-0.3, -0.25) is 4.79 Å². The zero-order chi connectivity index (χ0) is 16.4. The van der Waals surface area contributed by atoms with E-state index in [2.05, 4.69) is 10.3 Å². The van der Waals surface area contributed by atoms with Crippen LogP contribution < -0.4 is 5.32 Å². The Hall–Kier alpha value is -1.72. The van der Waals surface area contributed by atoms with Crippen LogP contribution in [0, 0.1) is 13.8 Å². The average Bonchev–Trinajstić information content (AvgIpc) is 3.18. The molecule has 1 aliphatic carbocycles. The van der Waals surface area contributed by atoms with Gasteiger partial charge in [-0.2, -0.15) is 0 Å². The van der Waals surface area contributed by atoms with Crippen molar-refractivity contribution in [2.75, 3.05) is 5.32 Å². The number of benzene rings is 1. The fourth-order valence-electron chi connectivity index (χ4n) is 3.06. The van der Waals surface area contributed by atoms with Gasteiger partial charge in [0.2, 0.25) is 0 Å². The molecule has 122 valence electrons. The Morgan fingerprint density at radius 3 is 2.78 bits per heavy atom. The normalized spacial score (nSPS) is 15.1. The minimum Gasteiger partial charge on any atom is -0.392 e. The predicted molar refractivity (Wildman–Crippen MR) is 93.1 cm³/mol. The number of aryl methyl sites for hydroxylation is 2. The smallest absolute Gasteiger partial charge is 0.267 e. The standard InChI is InChI=1S/C18H22N2O2S/c1-11-7-8-13(10-21)9-15(11)20-17(22)16-12(2)19-18(23-16)14-5-3-4-6-14/h7-9,14,21H,3-6,10H2,1-2H3,(H,20,22). The number of aromatic nitrogens is 1. The Bertz CT molecular complexity index is 718. The van der Waals surface area contributed by atoms with Crippen LogP contribution in [-0.2, 0) is 6.61 Å². The number of hydrogen-bond donors (Lipinski definition) is 2. The van der Waals surface area contributed by atoms with E-state index in [4.69, 9.17) is 0 Å². The molecular formula is C18H22N2O2S. The molecule has 0 spiro atoms. The molecule has 1 aromatic heterocycles. The maximum Gasteiger partial charge on any atom is 0.267 e. The van der Waals surface area contributed by atoms with Gasteiger partial charge in [0.1, 0.15) is 4.88 Å². The van der Waals surface area contributed by atoms with E-state index in [0.29, 0.717) is 10.8 Å². The summed E-state index contributed by atoms with van der Waals surface area (Å²) >= 11 is 1.53. The molecule has 4 nitrogen and oxygen atoms in total. The maximum absolute atomic E-state index is 12.6. The van der Waals surface area contributed by atoms with Crippen LogP contribution in [0.25, 0.3) is 0 Å². The molecule has 3 rings (SSSR count). The van der Waals surface area contributed by atoms with Gasteiger partial charge in [-0.1, -0.05) is 25.0 Å². The van der Waals surface area contributed by atoms with E-state index in [-0.39, 0.29) is 12.5 Å². The van der Waals surface area contributed by atoms with Crippen LogP contribution in [0.3, 0.4) is 0 Å². The van der Waals surface area contributed by atoms with Crippen LogP contribution in [-0.4, -0.2) is 16.0 Å². The van der Waals surface area contributed by atoms with Crippen molar-refractivity contribution < 1.29 is 9.90 Å². The zero-order valence-corrected chi connectivity index (χ0v) is 14.4. The Morgan fingerprint density at radius 2 is 2.09 bits per heavy atom. The molecule has 2 N–H and O–H groups in total. The van der Waals surface area contributed by atoms with Gasteiger partial charge in [0.25, 0.3) is 5.91 Å². The third-order valence-electron chi connectivity index (χ3n) is 4.46. The van der Waals surface area contributed by atoms with Gasteiger partial charge in [-0.25, -0.2) is 4.98 Å². The minimum absolute atomic E-state index is 0.0332. The van der Waals surface area contributed by atoms with Crippen molar-refractivity contribution in [1.82, 2.24) is 4.98 Å². The fraction of sp³-hybridized carbons (Fsp3) is 0.444. The quantitative estimate of drug-likeness (QED) is 0.885. The number of carbonyl (C=O) groups is 1. The van der Waals surface area contributed by atoms with Crippen LogP contribution in [0.15, 0.2) is 18.2 Å². The predicted octanol–water partition coefficient (Wildman–Crippen LogP) is 4.16. The molecule has 0 bridgehead atoms. The summed E-state index contributed by atoms with van der Waals surface area (Å²) < 4.78 is 0. The van der Waals surface area contributed by atoms with Gasteiger partial charge in [0.15, 0.2) is 0 Å². The molecule has 1 saturated carbocycles. The van der Waals surface area contributed by atoms with Gasteiger partial charge >= 0.3 is 0 Å². The topological polar surface area (TPSA) is 62.2 Å². The third-order valence-corrected chi connectivity index (χ3v) is 5.78. The Labute approximate surface area is 140 Å². The highest BCUT2D eigenvalue weighted by molar-refractivity contribution is 7.14. The summed E-state index contributed by atoms with van der Waals surface area (Å²) in [5.74, 6) is 0.419. The van der Waals surface area contributed by atoms with Crippen molar-refractivity contribution in [3.63, 3.8) is 0 Å². The van der Waals surface area contributed by atoms with E-state index in [1.807, 2.05) is 32.0 Å². The number of aliphatic hydroxyl groups is 1. The molecule has 1 heterocycles. The van der Waals surface area contributed by atoms with E-state index in [9.17, 15) is 9.90 Å². The molecule has 2 aromatic rings. The van der Waals surface area contributed by atoms with E-state index in [1.54, 1.807) is 0 Å². The van der Waals surface area contributed by atoms with E-state index >= 15 is 0 Å². The number of carbonyl (C=O) groups excluding carboxylic acids is 1. The summed E-state index contributed by atoms with van der Waals surface area (Å²) in [7, 11) is 0. The van der Waals surface area contributed by atoms with Crippen LogP contribution in [0.2, 0.25) is 0 Å². The summed E-state index contributed by atoms with van der Waals surface area (Å²) in [6, 6.07) is 5.59. The molecule has 1 amide bonds. The van der Waals surface area contributed by atoms with Crippen LogP contribution in [0.1, 0.15) is 63.1 Å². The van der Waals surface area contributed by atoms with Crippen molar-refractivity contribution in [2.45, 2.75) is 52.1 Å². The largest absolute Gasteiger partial charge is 0.392 e. The Kier molecular flexibility index (Phi) is 4.78. The molecule has 23 heavy (non-hydrogen) atoms. The second-order valence-electron chi connectivity index (χ2n) is 6.21. The van der Waals surface area contributed by atoms with Gasteiger partial charge in [0, 0.05) is 11.6 Å².